The monoisotopic (exact) mass is 464 g/mol. The number of amides is 1. The van der Waals surface area contributed by atoms with Gasteiger partial charge < -0.3 is 18.9 Å². The molecule has 1 aromatic carbocycles. The summed E-state index contributed by atoms with van der Waals surface area (Å²) >= 11 is 0. The van der Waals surface area contributed by atoms with Gasteiger partial charge >= 0.3 is 5.97 Å². The maximum Gasteiger partial charge on any atom is 0.342 e. The number of nitrogens with zero attached hydrogens (tertiary/aromatic N) is 2. The van der Waals surface area contributed by atoms with Crippen molar-refractivity contribution in [1.82, 2.24) is 10.1 Å². The van der Waals surface area contributed by atoms with Crippen LogP contribution in [0, 0.1) is 13.8 Å². The number of esters is 1. The molecule has 1 aliphatic rings. The minimum absolute atomic E-state index is 0.0610. The maximum atomic E-state index is 12.9. The second-order valence-electron chi connectivity index (χ2n) is 7.82. The number of hydrogen-bond donors (Lipinski definition) is 0. The molecule has 0 saturated carbocycles. The summed E-state index contributed by atoms with van der Waals surface area (Å²) in [5, 5.41) is 3.88. The molecule has 1 aromatic heterocycles. The lowest BCUT2D eigenvalue weighted by molar-refractivity contribution is -0.141. The first-order valence-corrected chi connectivity index (χ1v) is 12.3. The Morgan fingerprint density at radius 2 is 2.00 bits per heavy atom. The third-order valence-corrected chi connectivity index (χ3v) is 7.32. The SMILES string of the molecule is CCN(C(=O)C(C)OC(=O)c1ccccc1OCc1c(C)noc1C)C1CCS(=O)(=O)C1. The fourth-order valence-electron chi connectivity index (χ4n) is 3.74. The van der Waals surface area contributed by atoms with Gasteiger partial charge in [0.1, 0.15) is 23.7 Å². The molecule has 10 heteroatoms. The minimum Gasteiger partial charge on any atom is -0.488 e. The number of likely N-dealkylation sites (N-methyl/N-ethyl adjacent to an activating group) is 1. The zero-order valence-corrected chi connectivity index (χ0v) is 19.5. The molecule has 0 bridgehead atoms. The van der Waals surface area contributed by atoms with Crippen molar-refractivity contribution in [3.05, 3.63) is 46.8 Å². The van der Waals surface area contributed by atoms with E-state index < -0.39 is 33.9 Å². The Labute approximate surface area is 187 Å². The van der Waals surface area contributed by atoms with E-state index in [0.717, 1.165) is 5.56 Å². The normalized spacial score (nSPS) is 18.2. The average molecular weight is 465 g/mol. The van der Waals surface area contributed by atoms with Crippen molar-refractivity contribution in [3.63, 3.8) is 0 Å². The molecular formula is C22H28N2O7S. The van der Waals surface area contributed by atoms with Crippen LogP contribution >= 0.6 is 0 Å². The molecule has 3 rings (SSSR count). The van der Waals surface area contributed by atoms with Crippen LogP contribution < -0.4 is 4.74 Å². The molecule has 174 valence electrons. The van der Waals surface area contributed by atoms with E-state index in [-0.39, 0.29) is 23.7 Å². The third kappa shape index (κ3) is 5.29. The van der Waals surface area contributed by atoms with Crippen LogP contribution in [0.1, 0.15) is 47.6 Å². The summed E-state index contributed by atoms with van der Waals surface area (Å²) in [4.78, 5) is 27.2. The molecule has 1 fully saturated rings. The van der Waals surface area contributed by atoms with Gasteiger partial charge in [0, 0.05) is 12.6 Å². The molecule has 9 nitrogen and oxygen atoms in total. The number of ether oxygens (including phenoxy) is 2. The van der Waals surface area contributed by atoms with Gasteiger partial charge in [-0.05, 0) is 46.2 Å². The quantitative estimate of drug-likeness (QED) is 0.547. The van der Waals surface area contributed by atoms with Gasteiger partial charge in [-0.3, -0.25) is 4.79 Å². The smallest absolute Gasteiger partial charge is 0.342 e. The summed E-state index contributed by atoms with van der Waals surface area (Å²) in [6, 6.07) is 6.21. The van der Waals surface area contributed by atoms with E-state index in [1.165, 1.54) is 11.8 Å². The largest absolute Gasteiger partial charge is 0.488 e. The predicted molar refractivity (Wildman–Crippen MR) is 116 cm³/mol. The van der Waals surface area contributed by atoms with Crippen LogP contribution in [0.3, 0.4) is 0 Å². The van der Waals surface area contributed by atoms with Crippen molar-refractivity contribution in [2.75, 3.05) is 18.1 Å². The Morgan fingerprint density at radius 3 is 2.59 bits per heavy atom. The molecule has 0 aliphatic carbocycles. The van der Waals surface area contributed by atoms with Crippen LogP contribution in [-0.2, 0) is 26.0 Å². The lowest BCUT2D eigenvalue weighted by atomic mass is 10.2. The number of aromatic nitrogens is 1. The Bertz CT molecular complexity index is 1070. The van der Waals surface area contributed by atoms with Crippen molar-refractivity contribution < 1.29 is 32.0 Å². The number of carbonyl (C=O) groups excluding carboxylic acids is 2. The fraction of sp³-hybridized carbons (Fsp3) is 0.500. The van der Waals surface area contributed by atoms with Crippen LogP contribution in [-0.4, -0.2) is 60.5 Å². The number of benzene rings is 1. The molecule has 0 spiro atoms. The van der Waals surface area contributed by atoms with Crippen LogP contribution in [0.25, 0.3) is 0 Å². The summed E-state index contributed by atoms with van der Waals surface area (Å²) in [5.41, 5.74) is 1.68. The number of hydrogen-bond acceptors (Lipinski definition) is 8. The highest BCUT2D eigenvalue weighted by molar-refractivity contribution is 7.91. The maximum absolute atomic E-state index is 12.9. The second kappa shape index (κ2) is 9.72. The van der Waals surface area contributed by atoms with Gasteiger partial charge in [-0.15, -0.1) is 0 Å². The van der Waals surface area contributed by atoms with E-state index in [4.69, 9.17) is 14.0 Å². The van der Waals surface area contributed by atoms with E-state index in [1.807, 2.05) is 0 Å². The van der Waals surface area contributed by atoms with Crippen LogP contribution in [0.4, 0.5) is 0 Å². The zero-order chi connectivity index (χ0) is 23.5. The molecule has 1 saturated heterocycles. The van der Waals surface area contributed by atoms with Crippen molar-refractivity contribution in [2.45, 2.75) is 52.9 Å². The number of rotatable bonds is 8. The summed E-state index contributed by atoms with van der Waals surface area (Å²) < 4.78 is 40.0. The van der Waals surface area contributed by atoms with Crippen LogP contribution in [0.2, 0.25) is 0 Å². The number of carbonyl (C=O) groups is 2. The summed E-state index contributed by atoms with van der Waals surface area (Å²) in [6.45, 7) is 7.34. The van der Waals surface area contributed by atoms with E-state index in [0.29, 0.717) is 30.2 Å². The van der Waals surface area contributed by atoms with Gasteiger partial charge in [0.15, 0.2) is 15.9 Å². The molecule has 0 N–H and O–H groups in total. The lowest BCUT2D eigenvalue weighted by Crippen LogP contribution is -2.46. The Kier molecular flexibility index (Phi) is 7.22. The number of para-hydroxylation sites is 1. The highest BCUT2D eigenvalue weighted by atomic mass is 32.2. The lowest BCUT2D eigenvalue weighted by Gasteiger charge is -2.29. The number of aryl methyl sites for hydroxylation is 2. The molecule has 2 heterocycles. The van der Waals surface area contributed by atoms with E-state index in [1.54, 1.807) is 45.0 Å². The zero-order valence-electron chi connectivity index (χ0n) is 18.7. The second-order valence-corrected chi connectivity index (χ2v) is 10.0. The third-order valence-electron chi connectivity index (χ3n) is 5.56. The van der Waals surface area contributed by atoms with Gasteiger partial charge in [-0.2, -0.15) is 0 Å². The Hall–Kier alpha value is -2.88. The molecule has 32 heavy (non-hydrogen) atoms. The highest BCUT2D eigenvalue weighted by Gasteiger charge is 2.36. The standard InChI is InChI=1S/C22H28N2O7S/c1-5-24(17-10-11-32(27,28)13-17)21(25)16(4)30-22(26)18-8-6-7-9-20(18)29-12-19-14(2)23-31-15(19)3/h6-9,16-17H,5,10-13H2,1-4H3. The first kappa shape index (κ1) is 23.8. The van der Waals surface area contributed by atoms with Gasteiger partial charge in [0.05, 0.1) is 22.8 Å². The average Bonchev–Trinajstić information content (AvgIpc) is 3.27. The molecule has 1 aliphatic heterocycles. The molecule has 2 atom stereocenters. The van der Waals surface area contributed by atoms with Gasteiger partial charge in [0.2, 0.25) is 0 Å². The number of sulfone groups is 1. The van der Waals surface area contributed by atoms with Crippen molar-refractivity contribution in [1.29, 1.82) is 0 Å². The van der Waals surface area contributed by atoms with Crippen molar-refractivity contribution in [3.8, 4) is 5.75 Å². The Balaban J connectivity index is 1.68. The molecule has 2 aromatic rings. The molecule has 2 unspecified atom stereocenters. The molecule has 0 radical (unpaired) electrons. The van der Waals surface area contributed by atoms with Crippen LogP contribution in [0.5, 0.6) is 5.75 Å². The first-order valence-electron chi connectivity index (χ1n) is 10.5. The van der Waals surface area contributed by atoms with E-state index >= 15 is 0 Å². The highest BCUT2D eigenvalue weighted by Crippen LogP contribution is 2.24. The summed E-state index contributed by atoms with van der Waals surface area (Å²) in [7, 11) is -3.14. The summed E-state index contributed by atoms with van der Waals surface area (Å²) in [6.07, 6.45) is -0.678. The van der Waals surface area contributed by atoms with Gasteiger partial charge in [0.25, 0.3) is 5.91 Å². The van der Waals surface area contributed by atoms with E-state index in [2.05, 4.69) is 5.16 Å². The Morgan fingerprint density at radius 1 is 1.28 bits per heavy atom. The minimum atomic E-state index is -3.14. The predicted octanol–water partition coefficient (Wildman–Crippen LogP) is 2.45. The van der Waals surface area contributed by atoms with E-state index in [9.17, 15) is 18.0 Å². The van der Waals surface area contributed by atoms with Gasteiger partial charge in [-0.1, -0.05) is 17.3 Å². The summed E-state index contributed by atoms with van der Waals surface area (Å²) in [5.74, 6) is -0.175. The van der Waals surface area contributed by atoms with Crippen LogP contribution in [0.15, 0.2) is 28.8 Å². The fourth-order valence-corrected chi connectivity index (χ4v) is 5.47. The van der Waals surface area contributed by atoms with Crippen molar-refractivity contribution in [2.24, 2.45) is 0 Å². The molecular weight excluding hydrogens is 436 g/mol. The van der Waals surface area contributed by atoms with Gasteiger partial charge in [-0.25, -0.2) is 13.2 Å². The van der Waals surface area contributed by atoms with Crippen molar-refractivity contribution >= 4 is 21.7 Å². The molecule has 1 amide bonds. The first-order chi connectivity index (χ1) is 15.1. The topological polar surface area (TPSA) is 116 Å².